The summed E-state index contributed by atoms with van der Waals surface area (Å²) in [6, 6.07) is 9.23. The molecule has 0 aliphatic heterocycles. The van der Waals surface area contributed by atoms with Gasteiger partial charge in [-0.1, -0.05) is 64.3 Å². The largest absolute Gasteiger partial charge is 0.323 e. The molecule has 19 heavy (non-hydrogen) atoms. The van der Waals surface area contributed by atoms with E-state index in [9.17, 15) is 0 Å². The molecule has 1 aliphatic rings. The second-order valence-electron chi connectivity index (χ2n) is 7.03. The quantitative estimate of drug-likeness (QED) is 0.821. The van der Waals surface area contributed by atoms with Crippen molar-refractivity contribution in [3.05, 3.63) is 35.4 Å². The van der Waals surface area contributed by atoms with Gasteiger partial charge >= 0.3 is 0 Å². The van der Waals surface area contributed by atoms with Gasteiger partial charge in [0.1, 0.15) is 0 Å². The molecule has 2 rings (SSSR count). The van der Waals surface area contributed by atoms with Crippen molar-refractivity contribution in [1.29, 1.82) is 0 Å². The number of nitrogens with two attached hydrogens (primary N) is 1. The molecule has 0 heterocycles. The molecule has 2 N–H and O–H groups in total. The van der Waals surface area contributed by atoms with Crippen LogP contribution in [0.4, 0.5) is 0 Å². The Morgan fingerprint density at radius 2 is 1.63 bits per heavy atom. The van der Waals surface area contributed by atoms with Gasteiger partial charge in [0.25, 0.3) is 0 Å². The van der Waals surface area contributed by atoms with Gasteiger partial charge in [-0.15, -0.1) is 0 Å². The molecule has 1 aromatic carbocycles. The molecular weight excluding hydrogens is 230 g/mol. The normalized spacial score (nSPS) is 20.5. The van der Waals surface area contributed by atoms with Crippen LogP contribution in [0.15, 0.2) is 24.3 Å². The Morgan fingerprint density at radius 3 is 2.16 bits per heavy atom. The summed E-state index contributed by atoms with van der Waals surface area (Å²) in [5, 5.41) is 0. The van der Waals surface area contributed by atoms with E-state index >= 15 is 0 Å². The van der Waals surface area contributed by atoms with E-state index in [1.165, 1.54) is 43.2 Å². The summed E-state index contributed by atoms with van der Waals surface area (Å²) in [4.78, 5) is 0. The van der Waals surface area contributed by atoms with Crippen molar-refractivity contribution in [3.63, 3.8) is 0 Å². The van der Waals surface area contributed by atoms with Gasteiger partial charge in [-0.2, -0.15) is 0 Å². The van der Waals surface area contributed by atoms with Crippen LogP contribution < -0.4 is 5.73 Å². The second-order valence-corrected chi connectivity index (χ2v) is 7.03. The number of hydrogen-bond acceptors (Lipinski definition) is 1. The lowest BCUT2D eigenvalue weighted by atomic mass is 9.69. The summed E-state index contributed by atoms with van der Waals surface area (Å²) >= 11 is 0. The first-order valence-electron chi connectivity index (χ1n) is 7.86. The SMILES string of the molecule is CC(C)Cc1ccc(C(N)C2(C)CCCCC2)cc1. The highest BCUT2D eigenvalue weighted by Gasteiger charge is 2.33. The molecule has 0 amide bonds. The van der Waals surface area contributed by atoms with Gasteiger partial charge in [-0.3, -0.25) is 0 Å². The van der Waals surface area contributed by atoms with E-state index in [-0.39, 0.29) is 6.04 Å². The van der Waals surface area contributed by atoms with Crippen molar-refractivity contribution in [2.75, 3.05) is 0 Å². The predicted octanol–water partition coefficient (Wildman–Crippen LogP) is 4.86. The zero-order valence-electron chi connectivity index (χ0n) is 12.8. The molecule has 1 heteroatoms. The monoisotopic (exact) mass is 259 g/mol. The maximum absolute atomic E-state index is 6.56. The molecule has 0 radical (unpaired) electrons. The summed E-state index contributed by atoms with van der Waals surface area (Å²) in [6.07, 6.45) is 7.79. The van der Waals surface area contributed by atoms with Gasteiger partial charge < -0.3 is 5.73 Å². The Labute approximate surface area is 118 Å². The molecule has 1 saturated carbocycles. The van der Waals surface area contributed by atoms with E-state index in [1.807, 2.05) is 0 Å². The van der Waals surface area contributed by atoms with Gasteiger partial charge in [-0.25, -0.2) is 0 Å². The molecule has 0 aromatic heterocycles. The maximum Gasteiger partial charge on any atom is 0.0349 e. The molecule has 0 saturated heterocycles. The van der Waals surface area contributed by atoms with Gasteiger partial charge in [0, 0.05) is 6.04 Å². The Kier molecular flexibility index (Phi) is 4.67. The molecule has 1 unspecified atom stereocenters. The predicted molar refractivity (Wildman–Crippen MR) is 83.1 cm³/mol. The summed E-state index contributed by atoms with van der Waals surface area (Å²) < 4.78 is 0. The Hall–Kier alpha value is -0.820. The second kappa shape index (κ2) is 6.09. The molecular formula is C18H29N. The minimum Gasteiger partial charge on any atom is -0.323 e. The first kappa shape index (κ1) is 14.6. The summed E-state index contributed by atoms with van der Waals surface area (Å²) in [5.41, 5.74) is 9.61. The van der Waals surface area contributed by atoms with Crippen LogP contribution in [0.25, 0.3) is 0 Å². The third kappa shape index (κ3) is 3.60. The molecule has 1 nitrogen and oxygen atoms in total. The van der Waals surface area contributed by atoms with Crippen molar-refractivity contribution < 1.29 is 0 Å². The molecule has 0 bridgehead atoms. The zero-order chi connectivity index (χ0) is 13.9. The van der Waals surface area contributed by atoms with Crippen LogP contribution in [0.3, 0.4) is 0 Å². The van der Waals surface area contributed by atoms with Gasteiger partial charge in [-0.05, 0) is 41.7 Å². The van der Waals surface area contributed by atoms with Gasteiger partial charge in [0.15, 0.2) is 0 Å². The molecule has 1 fully saturated rings. The smallest absolute Gasteiger partial charge is 0.0349 e. The van der Waals surface area contributed by atoms with Crippen molar-refractivity contribution in [1.82, 2.24) is 0 Å². The fourth-order valence-corrected chi connectivity index (χ4v) is 3.41. The van der Waals surface area contributed by atoms with Crippen LogP contribution in [0.2, 0.25) is 0 Å². The fraction of sp³-hybridized carbons (Fsp3) is 0.667. The van der Waals surface area contributed by atoms with Crippen LogP contribution in [0, 0.1) is 11.3 Å². The summed E-state index contributed by atoms with van der Waals surface area (Å²) in [7, 11) is 0. The van der Waals surface area contributed by atoms with Crippen molar-refractivity contribution in [2.24, 2.45) is 17.1 Å². The van der Waals surface area contributed by atoms with Crippen LogP contribution in [0.5, 0.6) is 0 Å². The van der Waals surface area contributed by atoms with Crippen LogP contribution >= 0.6 is 0 Å². The highest BCUT2D eigenvalue weighted by molar-refractivity contribution is 5.26. The lowest BCUT2D eigenvalue weighted by Crippen LogP contribution is -2.33. The standard InChI is InChI=1S/C18H29N/c1-14(2)13-15-7-9-16(10-8-15)17(19)18(3)11-5-4-6-12-18/h7-10,14,17H,4-6,11-13,19H2,1-3H3. The maximum atomic E-state index is 6.56. The highest BCUT2D eigenvalue weighted by Crippen LogP contribution is 2.44. The molecule has 106 valence electrons. The molecule has 1 aliphatic carbocycles. The number of rotatable bonds is 4. The highest BCUT2D eigenvalue weighted by atomic mass is 14.7. The van der Waals surface area contributed by atoms with Crippen LogP contribution in [0.1, 0.15) is 70.0 Å². The van der Waals surface area contributed by atoms with E-state index in [4.69, 9.17) is 5.73 Å². The zero-order valence-corrected chi connectivity index (χ0v) is 12.8. The number of hydrogen-bond donors (Lipinski definition) is 1. The van der Waals surface area contributed by atoms with Crippen LogP contribution in [-0.4, -0.2) is 0 Å². The van der Waals surface area contributed by atoms with Gasteiger partial charge in [0.2, 0.25) is 0 Å². The minimum absolute atomic E-state index is 0.195. The molecule has 0 spiro atoms. The van der Waals surface area contributed by atoms with E-state index in [0.717, 1.165) is 12.3 Å². The average molecular weight is 259 g/mol. The first-order valence-corrected chi connectivity index (χ1v) is 7.86. The fourth-order valence-electron chi connectivity index (χ4n) is 3.41. The van der Waals surface area contributed by atoms with Crippen molar-refractivity contribution in [3.8, 4) is 0 Å². The van der Waals surface area contributed by atoms with E-state index < -0.39 is 0 Å². The summed E-state index contributed by atoms with van der Waals surface area (Å²) in [6.45, 7) is 6.91. The minimum atomic E-state index is 0.195. The number of benzene rings is 1. The van der Waals surface area contributed by atoms with Gasteiger partial charge in [0.05, 0.1) is 0 Å². The molecule has 1 atom stereocenters. The first-order chi connectivity index (χ1) is 9.01. The topological polar surface area (TPSA) is 26.0 Å². The lowest BCUT2D eigenvalue weighted by molar-refractivity contribution is 0.170. The Morgan fingerprint density at radius 1 is 1.05 bits per heavy atom. The van der Waals surface area contributed by atoms with E-state index in [2.05, 4.69) is 45.0 Å². The van der Waals surface area contributed by atoms with E-state index in [1.54, 1.807) is 0 Å². The summed E-state index contributed by atoms with van der Waals surface area (Å²) in [5.74, 6) is 0.718. The lowest BCUT2D eigenvalue weighted by Gasteiger charge is -2.39. The third-order valence-electron chi connectivity index (χ3n) is 4.73. The molecule has 1 aromatic rings. The van der Waals surface area contributed by atoms with Crippen molar-refractivity contribution in [2.45, 2.75) is 65.3 Å². The average Bonchev–Trinajstić information content (AvgIpc) is 2.39. The Balaban J connectivity index is 2.08. The van der Waals surface area contributed by atoms with E-state index in [0.29, 0.717) is 5.41 Å². The Bertz CT molecular complexity index is 385. The van der Waals surface area contributed by atoms with Crippen LogP contribution in [-0.2, 0) is 6.42 Å². The van der Waals surface area contributed by atoms with Crippen molar-refractivity contribution >= 4 is 0 Å². The third-order valence-corrected chi connectivity index (χ3v) is 4.73.